The second-order valence-electron chi connectivity index (χ2n) is 8.22. The molecule has 0 aliphatic carbocycles. The molecule has 7 nitrogen and oxygen atoms in total. The molecule has 2 aromatic rings. The molecule has 2 N–H and O–H groups in total. The van der Waals surface area contributed by atoms with Gasteiger partial charge in [-0.25, -0.2) is 4.79 Å². The molecule has 0 aliphatic rings. The molecule has 0 amide bonds. The maximum atomic E-state index is 12.5. The van der Waals surface area contributed by atoms with Crippen LogP contribution in [0.5, 0.6) is 0 Å². The van der Waals surface area contributed by atoms with Crippen molar-refractivity contribution in [3.63, 3.8) is 0 Å². The van der Waals surface area contributed by atoms with E-state index >= 15 is 0 Å². The van der Waals surface area contributed by atoms with Crippen LogP contribution in [0.25, 0.3) is 0 Å². The molecule has 0 fully saturated rings. The molecular formula is C22H30N2O5. The summed E-state index contributed by atoms with van der Waals surface area (Å²) in [5.41, 5.74) is 5.59. The van der Waals surface area contributed by atoms with Crippen molar-refractivity contribution < 1.29 is 23.9 Å². The average molecular weight is 402 g/mol. The highest BCUT2D eigenvalue weighted by Gasteiger charge is 2.24. The molecule has 2 heterocycles. The van der Waals surface area contributed by atoms with Gasteiger partial charge in [-0.2, -0.15) is 0 Å². The van der Waals surface area contributed by atoms with Crippen LogP contribution >= 0.6 is 0 Å². The molecule has 0 aromatic carbocycles. The van der Waals surface area contributed by atoms with Gasteiger partial charge in [0.15, 0.2) is 6.29 Å². The first-order valence-electron chi connectivity index (χ1n) is 9.62. The van der Waals surface area contributed by atoms with Gasteiger partial charge in [0.1, 0.15) is 11.3 Å². The van der Waals surface area contributed by atoms with E-state index in [2.05, 4.69) is 9.97 Å². The molecule has 7 heteroatoms. The van der Waals surface area contributed by atoms with Crippen LogP contribution in [-0.4, -0.2) is 40.9 Å². The van der Waals surface area contributed by atoms with Crippen LogP contribution < -0.4 is 0 Å². The number of hydrogen-bond acceptors (Lipinski definition) is 5. The Morgan fingerprint density at radius 3 is 2.21 bits per heavy atom. The zero-order valence-corrected chi connectivity index (χ0v) is 18.2. The van der Waals surface area contributed by atoms with Crippen LogP contribution in [0.4, 0.5) is 0 Å². The Morgan fingerprint density at radius 1 is 1.00 bits per heavy atom. The molecule has 0 unspecified atom stereocenters. The fourth-order valence-electron chi connectivity index (χ4n) is 3.30. The van der Waals surface area contributed by atoms with E-state index in [0.29, 0.717) is 24.2 Å². The lowest BCUT2D eigenvalue weighted by Crippen LogP contribution is -2.24. The number of aldehydes is 1. The van der Waals surface area contributed by atoms with Gasteiger partial charge in [-0.15, -0.1) is 0 Å². The normalized spacial score (nSPS) is 11.4. The molecule has 0 bridgehead atoms. The zero-order chi connectivity index (χ0) is 21.9. The van der Waals surface area contributed by atoms with Gasteiger partial charge in [0.2, 0.25) is 0 Å². The molecule has 0 saturated carbocycles. The van der Waals surface area contributed by atoms with E-state index in [1.807, 2.05) is 41.5 Å². The van der Waals surface area contributed by atoms with Crippen molar-refractivity contribution in [1.82, 2.24) is 9.97 Å². The topological polar surface area (TPSA) is 101 Å². The third kappa shape index (κ3) is 5.16. The van der Waals surface area contributed by atoms with Gasteiger partial charge in [-0.05, 0) is 70.2 Å². The minimum absolute atomic E-state index is 0.229. The molecule has 0 atom stereocenters. The van der Waals surface area contributed by atoms with Crippen LogP contribution in [-0.2, 0) is 27.1 Å². The average Bonchev–Trinajstić information content (AvgIpc) is 3.09. The predicted octanol–water partition coefficient (Wildman–Crippen LogP) is 3.73. The lowest BCUT2D eigenvalue weighted by atomic mass is 10.0. The maximum absolute atomic E-state index is 12.5. The number of rotatable bonds is 7. The summed E-state index contributed by atoms with van der Waals surface area (Å²) in [6.07, 6.45) is 1.95. The fraction of sp³-hybridized carbons (Fsp3) is 0.500. The highest BCUT2D eigenvalue weighted by molar-refractivity contribution is 5.90. The van der Waals surface area contributed by atoms with E-state index in [0.717, 1.165) is 39.9 Å². The monoisotopic (exact) mass is 402 g/mol. The van der Waals surface area contributed by atoms with Gasteiger partial charge < -0.3 is 19.4 Å². The van der Waals surface area contributed by atoms with Crippen molar-refractivity contribution in [2.75, 3.05) is 7.11 Å². The Balaban J connectivity index is 2.36. The lowest BCUT2D eigenvalue weighted by Gasteiger charge is -2.19. The summed E-state index contributed by atoms with van der Waals surface area (Å²) in [7, 11) is 1.35. The van der Waals surface area contributed by atoms with Gasteiger partial charge in [0.05, 0.1) is 12.8 Å². The molecule has 2 rings (SSSR count). The fourth-order valence-corrected chi connectivity index (χ4v) is 3.30. The van der Waals surface area contributed by atoms with Gasteiger partial charge in [0, 0.05) is 24.2 Å². The van der Waals surface area contributed by atoms with Crippen LogP contribution in [0.3, 0.4) is 0 Å². The summed E-state index contributed by atoms with van der Waals surface area (Å²) in [4.78, 5) is 41.8. The quantitative estimate of drug-likeness (QED) is 0.543. The number of carbonyl (C=O) groups is 3. The standard InChI is InChI=1S/C22H30N2O5/c1-12-13(2)20(21(27)29-22(4,5)6)24-16(12)10-17-15(8-9-19(26)28-7)14(3)18(11-25)23-17/h11,23-24H,8-10H2,1-7H3. The lowest BCUT2D eigenvalue weighted by molar-refractivity contribution is -0.140. The van der Waals surface area contributed by atoms with Gasteiger partial charge in [-0.3, -0.25) is 9.59 Å². The largest absolute Gasteiger partial charge is 0.469 e. The number of hydrogen-bond donors (Lipinski definition) is 2. The van der Waals surface area contributed by atoms with Crippen LogP contribution in [0.1, 0.15) is 81.8 Å². The first-order valence-corrected chi connectivity index (χ1v) is 9.62. The number of esters is 2. The summed E-state index contributed by atoms with van der Waals surface area (Å²) in [6.45, 7) is 11.2. The minimum atomic E-state index is -0.584. The number of aromatic amines is 2. The summed E-state index contributed by atoms with van der Waals surface area (Å²) in [5.74, 6) is -0.699. The molecule has 29 heavy (non-hydrogen) atoms. The third-order valence-electron chi connectivity index (χ3n) is 5.05. The third-order valence-corrected chi connectivity index (χ3v) is 5.05. The van der Waals surface area contributed by atoms with Crippen molar-refractivity contribution in [1.29, 1.82) is 0 Å². The Labute approximate surface area is 171 Å². The van der Waals surface area contributed by atoms with Crippen LogP contribution in [0.2, 0.25) is 0 Å². The van der Waals surface area contributed by atoms with E-state index in [1.165, 1.54) is 7.11 Å². The smallest absolute Gasteiger partial charge is 0.355 e. The van der Waals surface area contributed by atoms with Crippen molar-refractivity contribution >= 4 is 18.2 Å². The van der Waals surface area contributed by atoms with Crippen molar-refractivity contribution in [2.45, 2.75) is 66.4 Å². The van der Waals surface area contributed by atoms with E-state index in [1.54, 1.807) is 0 Å². The summed E-state index contributed by atoms with van der Waals surface area (Å²) >= 11 is 0. The van der Waals surface area contributed by atoms with Gasteiger partial charge >= 0.3 is 11.9 Å². The predicted molar refractivity (Wildman–Crippen MR) is 109 cm³/mol. The Bertz CT molecular complexity index is 928. The molecule has 2 aromatic heterocycles. The summed E-state index contributed by atoms with van der Waals surface area (Å²) in [5, 5.41) is 0. The van der Waals surface area contributed by atoms with Crippen LogP contribution in [0.15, 0.2) is 0 Å². The van der Waals surface area contributed by atoms with E-state index < -0.39 is 11.6 Å². The summed E-state index contributed by atoms with van der Waals surface area (Å²) < 4.78 is 10.2. The van der Waals surface area contributed by atoms with Crippen molar-refractivity contribution in [2.24, 2.45) is 0 Å². The number of aromatic nitrogens is 2. The molecule has 0 radical (unpaired) electrons. The first-order chi connectivity index (χ1) is 13.5. The number of nitrogens with one attached hydrogen (secondary N) is 2. The Morgan fingerprint density at radius 2 is 1.66 bits per heavy atom. The van der Waals surface area contributed by atoms with E-state index in [-0.39, 0.29) is 12.4 Å². The molecular weight excluding hydrogens is 372 g/mol. The maximum Gasteiger partial charge on any atom is 0.355 e. The number of H-pyrrole nitrogens is 2. The highest BCUT2D eigenvalue weighted by Crippen LogP contribution is 2.26. The number of carbonyl (C=O) groups excluding carboxylic acids is 3. The highest BCUT2D eigenvalue weighted by atomic mass is 16.6. The number of ether oxygens (including phenoxy) is 2. The number of methoxy groups -OCH3 is 1. The Hall–Kier alpha value is -2.83. The van der Waals surface area contributed by atoms with Crippen molar-refractivity contribution in [3.05, 3.63) is 45.0 Å². The second kappa shape index (κ2) is 8.68. The van der Waals surface area contributed by atoms with Crippen molar-refractivity contribution in [3.8, 4) is 0 Å². The Kier molecular flexibility index (Phi) is 6.72. The minimum Gasteiger partial charge on any atom is -0.469 e. The summed E-state index contributed by atoms with van der Waals surface area (Å²) in [6, 6.07) is 0. The molecule has 158 valence electrons. The molecule has 0 spiro atoms. The first kappa shape index (κ1) is 22.5. The van der Waals surface area contributed by atoms with Crippen LogP contribution in [0, 0.1) is 20.8 Å². The van der Waals surface area contributed by atoms with Gasteiger partial charge in [-0.1, -0.05) is 0 Å². The SMILES string of the molecule is COC(=O)CCc1c(Cc2[nH]c(C(=O)OC(C)(C)C)c(C)c2C)[nH]c(C=O)c1C. The second-order valence-corrected chi connectivity index (χ2v) is 8.22. The zero-order valence-electron chi connectivity index (χ0n) is 18.2. The molecule has 0 aliphatic heterocycles. The molecule has 0 saturated heterocycles. The van der Waals surface area contributed by atoms with E-state index in [4.69, 9.17) is 9.47 Å². The van der Waals surface area contributed by atoms with Gasteiger partial charge in [0.25, 0.3) is 0 Å². The van der Waals surface area contributed by atoms with E-state index in [9.17, 15) is 14.4 Å².